The lowest BCUT2D eigenvalue weighted by Crippen LogP contribution is -2.29. The van der Waals surface area contributed by atoms with E-state index in [9.17, 15) is 4.79 Å². The second kappa shape index (κ2) is 25.2. The lowest BCUT2D eigenvalue weighted by atomic mass is 9.63. The van der Waals surface area contributed by atoms with E-state index in [1.807, 2.05) is 13.9 Å². The van der Waals surface area contributed by atoms with E-state index in [0.717, 1.165) is 55.6 Å². The Bertz CT molecular complexity index is 1240. The molecule has 3 saturated carbocycles. The van der Waals surface area contributed by atoms with E-state index < -0.39 is 0 Å². The van der Waals surface area contributed by atoms with Crippen LogP contribution in [0.15, 0.2) is 72.8 Å². The first kappa shape index (κ1) is 44.3. The summed E-state index contributed by atoms with van der Waals surface area (Å²) in [5, 5.41) is 15.0. The summed E-state index contributed by atoms with van der Waals surface area (Å²) in [6.45, 7) is 14.4. The van der Waals surface area contributed by atoms with Crippen molar-refractivity contribution in [2.24, 2.45) is 29.6 Å². The van der Waals surface area contributed by atoms with Crippen LogP contribution in [-0.2, 0) is 27.2 Å². The zero-order valence-electron chi connectivity index (χ0n) is 32.5. The molecule has 5 nitrogen and oxygen atoms in total. The summed E-state index contributed by atoms with van der Waals surface area (Å²) in [4.78, 5) is 17.5. The van der Waals surface area contributed by atoms with Gasteiger partial charge in [-0.05, 0) is 148 Å². The van der Waals surface area contributed by atoms with Gasteiger partial charge in [-0.2, -0.15) is 0 Å². The van der Waals surface area contributed by atoms with Crippen molar-refractivity contribution in [2.75, 3.05) is 27.4 Å². The van der Waals surface area contributed by atoms with E-state index in [1.54, 1.807) is 16.7 Å². The zero-order valence-corrected chi connectivity index (χ0v) is 32.5. The number of benzene rings is 2. The van der Waals surface area contributed by atoms with Crippen LogP contribution in [0.3, 0.4) is 0 Å². The van der Waals surface area contributed by atoms with Crippen molar-refractivity contribution in [1.82, 2.24) is 0 Å². The molecule has 2 N–H and O–H groups in total. The smallest absolute Gasteiger partial charge is 0.147 e. The van der Waals surface area contributed by atoms with Crippen molar-refractivity contribution in [3.05, 3.63) is 95.1 Å². The largest absolute Gasteiger partial charge is 0.400 e. The minimum atomic E-state index is -0.233. The summed E-state index contributed by atoms with van der Waals surface area (Å²) in [5.41, 5.74) is 7.80. The highest BCUT2D eigenvalue weighted by atomic mass is 16.5. The third-order valence-electron chi connectivity index (χ3n) is 11.8. The van der Waals surface area contributed by atoms with Gasteiger partial charge in [0.05, 0.1) is 6.61 Å². The van der Waals surface area contributed by atoms with E-state index in [2.05, 4.69) is 75.5 Å². The summed E-state index contributed by atoms with van der Waals surface area (Å²) < 4.78 is 5.56. The van der Waals surface area contributed by atoms with Crippen LogP contribution in [0, 0.1) is 29.6 Å². The van der Waals surface area contributed by atoms with E-state index in [0.29, 0.717) is 12.2 Å². The number of aryl methyl sites for hydroxylation is 2. The van der Waals surface area contributed by atoms with E-state index in [4.69, 9.17) is 19.7 Å². The normalized spacial score (nSPS) is 24.4. The van der Waals surface area contributed by atoms with Gasteiger partial charge in [-0.15, -0.1) is 6.58 Å². The third kappa shape index (κ3) is 15.0. The fraction of sp³-hybridized carbons (Fsp3) is 0.609. The predicted octanol–water partition coefficient (Wildman–Crippen LogP) is 10.2. The number of rotatable bonds is 14. The van der Waals surface area contributed by atoms with Crippen molar-refractivity contribution in [3.63, 3.8) is 0 Å². The Kier molecular flexibility index (Phi) is 21.9. The van der Waals surface area contributed by atoms with Gasteiger partial charge in [-0.1, -0.05) is 86.9 Å². The number of carbonyl (C=O) groups is 2. The maximum atomic E-state index is 9.48. The minimum absolute atomic E-state index is 0.218. The second-order valence-electron chi connectivity index (χ2n) is 15.4. The van der Waals surface area contributed by atoms with Crippen LogP contribution in [0.1, 0.15) is 131 Å². The molecule has 0 radical (unpaired) electrons. The SMILES string of the molecule is C=C(C)CC(COC)C1CCC(CCc2ccc(C3CCC4CC(c5ccc(CCC)cc5)CCC4C3)cc2)CC1.C=C(C=O)CO.C=O.CO. The number of hydrogen-bond donors (Lipinski definition) is 2. The molecule has 5 rings (SSSR count). The Morgan fingerprint density at radius 3 is 1.69 bits per heavy atom. The van der Waals surface area contributed by atoms with Crippen LogP contribution in [0.5, 0.6) is 0 Å². The van der Waals surface area contributed by atoms with Crippen LogP contribution >= 0.6 is 0 Å². The number of ether oxygens (including phenoxy) is 1. The van der Waals surface area contributed by atoms with E-state index in [1.165, 1.54) is 101 Å². The number of methoxy groups -OCH3 is 1. The zero-order chi connectivity index (χ0) is 37.6. The van der Waals surface area contributed by atoms with Crippen LogP contribution in [0.25, 0.3) is 0 Å². The van der Waals surface area contributed by atoms with Crippen molar-refractivity contribution < 1.29 is 24.5 Å². The summed E-state index contributed by atoms with van der Waals surface area (Å²) in [6, 6.07) is 19.6. The number of carbonyl (C=O) groups excluding carboxylic acids is 2. The molecule has 3 aliphatic carbocycles. The molecule has 0 heterocycles. The molecule has 0 saturated heterocycles. The Labute approximate surface area is 311 Å². The molecule has 0 spiro atoms. The molecule has 0 aliphatic heterocycles. The second-order valence-corrected chi connectivity index (χ2v) is 15.4. The number of fused-ring (bicyclic) bond motifs is 1. The summed E-state index contributed by atoms with van der Waals surface area (Å²) >= 11 is 0. The lowest BCUT2D eigenvalue weighted by Gasteiger charge is -2.42. The molecule has 3 aliphatic rings. The minimum Gasteiger partial charge on any atom is -0.400 e. The van der Waals surface area contributed by atoms with Crippen molar-refractivity contribution in [1.29, 1.82) is 0 Å². The fourth-order valence-corrected chi connectivity index (χ4v) is 9.08. The summed E-state index contributed by atoms with van der Waals surface area (Å²) in [6.07, 6.45) is 20.8. The lowest BCUT2D eigenvalue weighted by molar-refractivity contribution is -0.105. The molecule has 284 valence electrons. The average molecular weight is 703 g/mol. The maximum Gasteiger partial charge on any atom is 0.147 e. The topological polar surface area (TPSA) is 83.8 Å². The van der Waals surface area contributed by atoms with Gasteiger partial charge >= 0.3 is 0 Å². The molecule has 2 aromatic carbocycles. The highest BCUT2D eigenvalue weighted by molar-refractivity contribution is 5.72. The average Bonchev–Trinajstić information content (AvgIpc) is 3.18. The first-order valence-electron chi connectivity index (χ1n) is 19.6. The van der Waals surface area contributed by atoms with Gasteiger partial charge in [0.15, 0.2) is 0 Å². The van der Waals surface area contributed by atoms with Gasteiger partial charge in [-0.3, -0.25) is 4.79 Å². The van der Waals surface area contributed by atoms with Crippen molar-refractivity contribution in [2.45, 2.75) is 122 Å². The van der Waals surface area contributed by atoms with Gasteiger partial charge in [0.25, 0.3) is 0 Å². The van der Waals surface area contributed by atoms with Gasteiger partial charge in [0, 0.05) is 26.4 Å². The molecule has 5 unspecified atom stereocenters. The molecule has 0 aromatic heterocycles. The van der Waals surface area contributed by atoms with Gasteiger partial charge in [0.1, 0.15) is 13.1 Å². The van der Waals surface area contributed by atoms with Gasteiger partial charge < -0.3 is 19.7 Å². The van der Waals surface area contributed by atoms with Crippen molar-refractivity contribution >= 4 is 13.1 Å². The first-order chi connectivity index (χ1) is 24.8. The van der Waals surface area contributed by atoms with E-state index >= 15 is 0 Å². The monoisotopic (exact) mass is 703 g/mol. The number of allylic oxidation sites excluding steroid dienone is 1. The van der Waals surface area contributed by atoms with Gasteiger partial charge in [0.2, 0.25) is 0 Å². The molecule has 3 fully saturated rings. The Morgan fingerprint density at radius 1 is 0.804 bits per heavy atom. The van der Waals surface area contributed by atoms with Crippen LogP contribution in [0.2, 0.25) is 0 Å². The number of aldehydes is 1. The van der Waals surface area contributed by atoms with Crippen LogP contribution < -0.4 is 0 Å². The molecule has 5 atom stereocenters. The summed E-state index contributed by atoms with van der Waals surface area (Å²) in [7, 11) is 2.85. The van der Waals surface area contributed by atoms with Gasteiger partial charge in [-0.25, -0.2) is 0 Å². The number of hydrogen-bond acceptors (Lipinski definition) is 5. The molecule has 51 heavy (non-hydrogen) atoms. The maximum absolute atomic E-state index is 9.48. The standard InChI is InChI=1S/C40H58O.C4H6O2.CH4O.CH2O/c1-5-6-30-9-15-33(16-10-30)36-21-23-39-27-37(22-24-38(39)26-36)34-17-11-31(12-18-34)7-8-32-13-19-35(20-14-32)40(28-41-4)25-29(2)3;1-4(2-5)3-6;2*1-2/h9-12,15-18,32,35-40H,2,5-8,13-14,19-28H2,1,3-4H3;2,6H,1,3H2;2H,1H3;1H2. The summed E-state index contributed by atoms with van der Waals surface area (Å²) in [5.74, 6) is 5.85. The van der Waals surface area contributed by atoms with Crippen molar-refractivity contribution in [3.8, 4) is 0 Å². The third-order valence-corrected chi connectivity index (χ3v) is 11.8. The molecule has 2 aromatic rings. The predicted molar refractivity (Wildman–Crippen MR) is 213 cm³/mol. The van der Waals surface area contributed by atoms with Crippen LogP contribution in [-0.4, -0.2) is 50.7 Å². The Balaban J connectivity index is 0.000000806. The molecular weight excluding hydrogens is 633 g/mol. The molecule has 0 bridgehead atoms. The number of aliphatic hydroxyl groups excluding tert-OH is 2. The molecule has 5 heteroatoms. The van der Waals surface area contributed by atoms with Crippen LogP contribution in [0.4, 0.5) is 0 Å². The molecular formula is C46H70O5. The number of aliphatic hydroxyl groups is 2. The molecule has 0 amide bonds. The highest BCUT2D eigenvalue weighted by Crippen LogP contribution is 2.50. The van der Waals surface area contributed by atoms with E-state index in [-0.39, 0.29) is 12.2 Å². The quantitative estimate of drug-likeness (QED) is 0.116. The first-order valence-corrected chi connectivity index (χ1v) is 19.6. The fourth-order valence-electron chi connectivity index (χ4n) is 9.08. The Morgan fingerprint density at radius 2 is 1.29 bits per heavy atom. The Hall–Kier alpha value is -2.86. The highest BCUT2D eigenvalue weighted by Gasteiger charge is 2.36.